The molecule has 1 aromatic carbocycles. The molecule has 2 unspecified atom stereocenters. The van der Waals surface area contributed by atoms with Gasteiger partial charge < -0.3 is 5.11 Å². The summed E-state index contributed by atoms with van der Waals surface area (Å²) in [7, 11) is 0. The molecule has 0 aromatic heterocycles. The van der Waals surface area contributed by atoms with Crippen LogP contribution in [0.3, 0.4) is 0 Å². The second-order valence-corrected chi connectivity index (χ2v) is 4.62. The van der Waals surface area contributed by atoms with E-state index in [2.05, 4.69) is 0 Å². The number of rotatable bonds is 0. The van der Waals surface area contributed by atoms with E-state index in [1.54, 1.807) is 0 Å². The van der Waals surface area contributed by atoms with Crippen LogP contribution in [0.4, 0.5) is 0 Å². The Kier molecular flexibility index (Phi) is 1.77. The first-order valence-electron chi connectivity index (χ1n) is 5.57. The molecule has 1 saturated carbocycles. The highest BCUT2D eigenvalue weighted by Gasteiger charge is 2.51. The molecule has 0 aliphatic heterocycles. The summed E-state index contributed by atoms with van der Waals surface area (Å²) in [5.74, 6) is 0.166. The van der Waals surface area contributed by atoms with Crippen LogP contribution >= 0.6 is 0 Å². The average molecular weight is 202 g/mol. The van der Waals surface area contributed by atoms with Gasteiger partial charge in [-0.25, -0.2) is 0 Å². The van der Waals surface area contributed by atoms with Gasteiger partial charge in [0.05, 0.1) is 0 Å². The molecule has 0 bridgehead atoms. The molecule has 2 heteroatoms. The highest BCUT2D eigenvalue weighted by molar-refractivity contribution is 5.91. The van der Waals surface area contributed by atoms with Crippen molar-refractivity contribution in [2.45, 2.75) is 31.3 Å². The van der Waals surface area contributed by atoms with Gasteiger partial charge in [0.25, 0.3) is 0 Å². The summed E-state index contributed by atoms with van der Waals surface area (Å²) in [6.45, 7) is 0. The minimum atomic E-state index is -1.16. The zero-order valence-corrected chi connectivity index (χ0v) is 8.57. The molecule has 3 rings (SSSR count). The van der Waals surface area contributed by atoms with E-state index in [4.69, 9.17) is 0 Å². The third-order valence-corrected chi connectivity index (χ3v) is 3.93. The van der Waals surface area contributed by atoms with Crippen molar-refractivity contribution in [2.24, 2.45) is 5.92 Å². The summed E-state index contributed by atoms with van der Waals surface area (Å²) in [4.78, 5) is 11.8. The Hall–Kier alpha value is -1.15. The van der Waals surface area contributed by atoms with E-state index in [0.717, 1.165) is 30.4 Å². The van der Waals surface area contributed by atoms with Gasteiger partial charge >= 0.3 is 0 Å². The van der Waals surface area contributed by atoms with Crippen LogP contribution in [-0.4, -0.2) is 10.9 Å². The lowest BCUT2D eigenvalue weighted by Gasteiger charge is -2.35. The first-order valence-corrected chi connectivity index (χ1v) is 5.57. The Labute approximate surface area is 88.9 Å². The van der Waals surface area contributed by atoms with Crippen LogP contribution in [-0.2, 0) is 16.8 Å². The zero-order valence-electron chi connectivity index (χ0n) is 8.57. The molecular formula is C13H14O2. The second-order valence-electron chi connectivity index (χ2n) is 4.62. The van der Waals surface area contributed by atoms with Gasteiger partial charge in [0.2, 0.25) is 0 Å². The molecule has 78 valence electrons. The molecule has 2 nitrogen and oxygen atoms in total. The van der Waals surface area contributed by atoms with Crippen molar-refractivity contribution in [2.75, 3.05) is 0 Å². The fraction of sp³-hybridized carbons (Fsp3) is 0.462. The van der Waals surface area contributed by atoms with Crippen molar-refractivity contribution in [1.82, 2.24) is 0 Å². The molecule has 1 aromatic rings. The van der Waals surface area contributed by atoms with Crippen molar-refractivity contribution >= 4 is 5.78 Å². The minimum Gasteiger partial charge on any atom is -0.377 e. The second kappa shape index (κ2) is 2.92. The lowest BCUT2D eigenvalue weighted by Crippen LogP contribution is -2.40. The Balaban J connectivity index is 2.21. The van der Waals surface area contributed by atoms with E-state index in [1.807, 2.05) is 24.3 Å². The number of aryl methyl sites for hydroxylation is 1. The maximum absolute atomic E-state index is 11.8. The monoisotopic (exact) mass is 202 g/mol. The molecule has 1 fully saturated rings. The van der Waals surface area contributed by atoms with E-state index < -0.39 is 5.60 Å². The summed E-state index contributed by atoms with van der Waals surface area (Å²) in [5.41, 5.74) is 0.852. The van der Waals surface area contributed by atoms with Crippen LogP contribution in [0.5, 0.6) is 0 Å². The predicted octanol–water partition coefficient (Wildman–Crippen LogP) is 1.80. The van der Waals surface area contributed by atoms with Gasteiger partial charge in [0.15, 0.2) is 11.4 Å². The van der Waals surface area contributed by atoms with Crippen molar-refractivity contribution in [1.29, 1.82) is 0 Å². The average Bonchev–Trinajstić information content (AvgIpc) is 2.56. The molecule has 2 atom stereocenters. The lowest BCUT2D eigenvalue weighted by atomic mass is 9.73. The smallest absolute Gasteiger partial charge is 0.169 e. The van der Waals surface area contributed by atoms with Crippen molar-refractivity contribution < 1.29 is 9.90 Å². The number of Topliss-reactive ketones (excluding diaryl/α,β-unsaturated/α-hetero) is 1. The van der Waals surface area contributed by atoms with E-state index in [1.165, 1.54) is 0 Å². The zero-order chi connectivity index (χ0) is 10.5. The number of carbonyl (C=O) groups excluding carboxylic acids is 1. The highest BCUT2D eigenvalue weighted by atomic mass is 16.3. The fourth-order valence-corrected chi connectivity index (χ4v) is 3.10. The van der Waals surface area contributed by atoms with E-state index in [-0.39, 0.29) is 11.7 Å². The quantitative estimate of drug-likeness (QED) is 0.696. The molecule has 0 radical (unpaired) electrons. The number of fused-ring (bicyclic) bond motifs is 3. The molecule has 0 amide bonds. The van der Waals surface area contributed by atoms with Crippen LogP contribution in [0, 0.1) is 5.92 Å². The van der Waals surface area contributed by atoms with Gasteiger partial charge in [-0.1, -0.05) is 24.3 Å². The van der Waals surface area contributed by atoms with Crippen molar-refractivity contribution in [3.8, 4) is 0 Å². The SMILES string of the molecule is O=C1CCC2CCc3ccccc3C12O. The number of benzene rings is 1. The Morgan fingerprint density at radius 3 is 2.80 bits per heavy atom. The Morgan fingerprint density at radius 2 is 1.93 bits per heavy atom. The Bertz CT molecular complexity index is 424. The van der Waals surface area contributed by atoms with Crippen molar-refractivity contribution in [3.05, 3.63) is 35.4 Å². The van der Waals surface area contributed by atoms with Gasteiger partial charge in [0, 0.05) is 6.42 Å². The third-order valence-electron chi connectivity index (χ3n) is 3.93. The van der Waals surface area contributed by atoms with Crippen LogP contribution in [0.15, 0.2) is 24.3 Å². The first kappa shape index (κ1) is 9.10. The van der Waals surface area contributed by atoms with E-state index in [0.29, 0.717) is 6.42 Å². The topological polar surface area (TPSA) is 37.3 Å². The third kappa shape index (κ3) is 1.06. The van der Waals surface area contributed by atoms with E-state index in [9.17, 15) is 9.90 Å². The molecule has 15 heavy (non-hydrogen) atoms. The van der Waals surface area contributed by atoms with Gasteiger partial charge in [-0.05, 0) is 36.3 Å². The summed E-state index contributed by atoms with van der Waals surface area (Å²) in [5, 5.41) is 10.6. The largest absolute Gasteiger partial charge is 0.377 e. The predicted molar refractivity (Wildman–Crippen MR) is 56.4 cm³/mol. The Morgan fingerprint density at radius 1 is 1.20 bits per heavy atom. The van der Waals surface area contributed by atoms with Gasteiger partial charge in [-0.2, -0.15) is 0 Å². The summed E-state index contributed by atoms with van der Waals surface area (Å²) < 4.78 is 0. The first-order chi connectivity index (χ1) is 7.23. The molecular weight excluding hydrogens is 188 g/mol. The van der Waals surface area contributed by atoms with Crippen LogP contribution < -0.4 is 0 Å². The standard InChI is InChI=1S/C13H14O2/c14-12-8-7-10-6-5-9-3-1-2-4-11(9)13(10,12)15/h1-4,10,15H,5-8H2. The molecule has 2 aliphatic carbocycles. The summed E-state index contributed by atoms with van der Waals surface area (Å²) >= 11 is 0. The minimum absolute atomic E-state index is 0.0136. The van der Waals surface area contributed by atoms with Crippen LogP contribution in [0.2, 0.25) is 0 Å². The number of ketones is 1. The number of hydrogen-bond donors (Lipinski definition) is 1. The van der Waals surface area contributed by atoms with Crippen LogP contribution in [0.25, 0.3) is 0 Å². The molecule has 0 heterocycles. The number of aliphatic hydroxyl groups is 1. The maximum atomic E-state index is 11.8. The number of carbonyl (C=O) groups is 1. The molecule has 0 saturated heterocycles. The van der Waals surface area contributed by atoms with Gasteiger partial charge in [-0.15, -0.1) is 0 Å². The van der Waals surface area contributed by atoms with Crippen molar-refractivity contribution in [3.63, 3.8) is 0 Å². The van der Waals surface area contributed by atoms with E-state index >= 15 is 0 Å². The normalized spacial score (nSPS) is 33.7. The molecule has 0 spiro atoms. The number of hydrogen-bond acceptors (Lipinski definition) is 2. The maximum Gasteiger partial charge on any atom is 0.169 e. The lowest BCUT2D eigenvalue weighted by molar-refractivity contribution is -0.138. The summed E-state index contributed by atoms with van der Waals surface area (Å²) in [6, 6.07) is 7.81. The highest BCUT2D eigenvalue weighted by Crippen LogP contribution is 2.47. The van der Waals surface area contributed by atoms with Gasteiger partial charge in [0.1, 0.15) is 0 Å². The fourth-order valence-electron chi connectivity index (χ4n) is 3.10. The van der Waals surface area contributed by atoms with Gasteiger partial charge in [-0.3, -0.25) is 4.79 Å². The molecule has 2 aliphatic rings. The summed E-state index contributed by atoms with van der Waals surface area (Å²) in [6.07, 6.45) is 3.33. The molecule has 1 N–H and O–H groups in total. The van der Waals surface area contributed by atoms with Crippen LogP contribution in [0.1, 0.15) is 30.4 Å².